The van der Waals surface area contributed by atoms with Gasteiger partial charge >= 0.3 is 0 Å². The van der Waals surface area contributed by atoms with Crippen LogP contribution in [0.5, 0.6) is 0 Å². The van der Waals surface area contributed by atoms with Crippen molar-refractivity contribution in [2.45, 2.75) is 11.3 Å². The van der Waals surface area contributed by atoms with Gasteiger partial charge in [-0.25, -0.2) is 30.8 Å². The molecule has 0 aromatic heterocycles. The highest BCUT2D eigenvalue weighted by Crippen LogP contribution is 2.30. The van der Waals surface area contributed by atoms with Crippen molar-refractivity contribution in [1.82, 2.24) is 0 Å². The molecule has 0 unspecified atom stereocenters. The minimum absolute atomic E-state index is 0.439. The summed E-state index contributed by atoms with van der Waals surface area (Å²) >= 11 is 0. The van der Waals surface area contributed by atoms with Crippen LogP contribution in [-0.4, -0.2) is 33.3 Å². The highest BCUT2D eigenvalue weighted by atomic mass is 32.2. The summed E-state index contributed by atoms with van der Waals surface area (Å²) < 4.78 is 70.9. The zero-order chi connectivity index (χ0) is 16.4. The van der Waals surface area contributed by atoms with Gasteiger partial charge < -0.3 is 0 Å². The minimum Gasteiger partial charge on any atom is -0.258 e. The number of alkyl halides is 2. The van der Waals surface area contributed by atoms with Crippen LogP contribution in [0.2, 0.25) is 0 Å². The van der Waals surface area contributed by atoms with Crippen molar-refractivity contribution >= 4 is 25.5 Å². The van der Waals surface area contributed by atoms with Crippen LogP contribution in [0.25, 0.3) is 0 Å². The Morgan fingerprint density at radius 1 is 1.19 bits per heavy atom. The van der Waals surface area contributed by atoms with Crippen LogP contribution in [-0.2, 0) is 19.9 Å². The Labute approximate surface area is 118 Å². The van der Waals surface area contributed by atoms with E-state index in [4.69, 9.17) is 0 Å². The molecule has 0 radical (unpaired) electrons. The third-order valence-corrected chi connectivity index (χ3v) is 5.23. The van der Waals surface area contributed by atoms with Gasteiger partial charge in [0.1, 0.15) is 0 Å². The van der Waals surface area contributed by atoms with Crippen molar-refractivity contribution < 1.29 is 30.5 Å². The van der Waals surface area contributed by atoms with Gasteiger partial charge in [-0.3, -0.25) is 10.1 Å². The van der Waals surface area contributed by atoms with E-state index in [1.165, 1.54) is 0 Å². The first-order valence-corrected chi connectivity index (χ1v) is 8.60. The van der Waals surface area contributed by atoms with Crippen molar-refractivity contribution in [1.29, 1.82) is 0 Å². The Kier molecular flexibility index (Phi) is 4.96. The van der Waals surface area contributed by atoms with E-state index in [-0.39, 0.29) is 0 Å². The molecule has 0 bridgehead atoms. The highest BCUT2D eigenvalue weighted by Gasteiger charge is 2.27. The van der Waals surface area contributed by atoms with Gasteiger partial charge in [0, 0.05) is 17.7 Å². The van der Waals surface area contributed by atoms with Crippen molar-refractivity contribution in [3.8, 4) is 0 Å². The predicted molar refractivity (Wildman–Crippen MR) is 68.1 cm³/mol. The Balaban J connectivity index is 3.32. The first-order chi connectivity index (χ1) is 9.44. The van der Waals surface area contributed by atoms with Crippen molar-refractivity contribution in [3.63, 3.8) is 0 Å². The topological polar surface area (TPSA) is 137 Å². The van der Waals surface area contributed by atoms with Gasteiger partial charge in [-0.05, 0) is 6.07 Å². The summed E-state index contributed by atoms with van der Waals surface area (Å²) in [5, 5.41) is 15.2. The quantitative estimate of drug-likeness (QED) is 0.592. The number of nitrogens with two attached hydrogens (primary N) is 1. The monoisotopic (exact) mass is 344 g/mol. The summed E-state index contributed by atoms with van der Waals surface area (Å²) in [6.45, 7) is 0. The van der Waals surface area contributed by atoms with Gasteiger partial charge in [0.25, 0.3) is 12.1 Å². The summed E-state index contributed by atoms with van der Waals surface area (Å²) in [4.78, 5) is 8.70. The summed E-state index contributed by atoms with van der Waals surface area (Å²) in [5.74, 6) is -1.95. The molecule has 8 nitrogen and oxygen atoms in total. The fraction of sp³-hybridized carbons (Fsp3) is 0.333. The molecule has 0 aliphatic heterocycles. The number of primary sulfonamides is 1. The SMILES string of the molecule is NS(=O)(=O)CCS(=O)(=O)c1ccc([N+](=O)[O-])cc1C(F)F. The molecule has 1 rings (SSSR count). The van der Waals surface area contributed by atoms with Crippen LogP contribution in [0, 0.1) is 10.1 Å². The lowest BCUT2D eigenvalue weighted by atomic mass is 10.2. The molecule has 0 amide bonds. The van der Waals surface area contributed by atoms with Gasteiger partial charge in [0.15, 0.2) is 9.84 Å². The molecule has 1 aromatic carbocycles. The van der Waals surface area contributed by atoms with Gasteiger partial charge in [0.2, 0.25) is 10.0 Å². The standard InChI is InChI=1S/C9H10F2N2O6S2/c10-9(11)7-5-6(13(14)15)1-2-8(7)20(16,17)3-4-21(12,18)19/h1-2,5,9H,3-4H2,(H2,12,18,19). The zero-order valence-corrected chi connectivity index (χ0v) is 11.9. The van der Waals surface area contributed by atoms with Crippen molar-refractivity contribution in [2.24, 2.45) is 5.14 Å². The van der Waals surface area contributed by atoms with Crippen LogP contribution in [0.1, 0.15) is 12.0 Å². The summed E-state index contributed by atoms with van der Waals surface area (Å²) in [5.41, 5.74) is -1.76. The Morgan fingerprint density at radius 2 is 1.76 bits per heavy atom. The number of hydrogen-bond donors (Lipinski definition) is 1. The molecular weight excluding hydrogens is 334 g/mol. The molecule has 0 aliphatic carbocycles. The maximum atomic E-state index is 12.8. The van der Waals surface area contributed by atoms with Crippen LogP contribution in [0.15, 0.2) is 23.1 Å². The number of rotatable bonds is 6. The molecule has 0 saturated heterocycles. The molecule has 1 aromatic rings. The first-order valence-electron chi connectivity index (χ1n) is 5.24. The Hall–Kier alpha value is -1.66. The molecule has 0 fully saturated rings. The minimum atomic E-state index is -4.37. The molecule has 2 N–H and O–H groups in total. The smallest absolute Gasteiger partial charge is 0.258 e. The van der Waals surface area contributed by atoms with Gasteiger partial charge in [-0.1, -0.05) is 0 Å². The zero-order valence-electron chi connectivity index (χ0n) is 10.3. The molecule has 0 heterocycles. The lowest BCUT2D eigenvalue weighted by Gasteiger charge is -2.09. The van der Waals surface area contributed by atoms with E-state index in [0.29, 0.717) is 12.1 Å². The number of sulfonamides is 1. The molecule has 12 heteroatoms. The second kappa shape index (κ2) is 5.99. The average Bonchev–Trinajstić information content (AvgIpc) is 2.35. The number of nitro groups is 1. The van der Waals surface area contributed by atoms with Gasteiger partial charge in [-0.15, -0.1) is 0 Å². The number of non-ortho nitro benzene ring substituents is 1. The Bertz CT molecular complexity index is 760. The van der Waals surface area contributed by atoms with E-state index in [1.54, 1.807) is 0 Å². The van der Waals surface area contributed by atoms with Gasteiger partial charge in [-0.2, -0.15) is 0 Å². The maximum absolute atomic E-state index is 12.8. The van der Waals surface area contributed by atoms with Crippen LogP contribution < -0.4 is 5.14 Å². The lowest BCUT2D eigenvalue weighted by molar-refractivity contribution is -0.385. The molecule has 21 heavy (non-hydrogen) atoms. The molecular formula is C9H10F2N2O6S2. The summed E-state index contributed by atoms with van der Waals surface area (Å²) in [7, 11) is -8.47. The van der Waals surface area contributed by atoms with Crippen LogP contribution in [0.3, 0.4) is 0 Å². The van der Waals surface area contributed by atoms with Crippen LogP contribution >= 0.6 is 0 Å². The number of nitro benzene ring substituents is 1. The number of benzene rings is 1. The van der Waals surface area contributed by atoms with E-state index < -0.39 is 58.9 Å². The molecule has 0 atom stereocenters. The van der Waals surface area contributed by atoms with Gasteiger partial charge in [0.05, 0.1) is 21.3 Å². The highest BCUT2D eigenvalue weighted by molar-refractivity contribution is 7.94. The lowest BCUT2D eigenvalue weighted by Crippen LogP contribution is -2.23. The first kappa shape index (κ1) is 17.4. The van der Waals surface area contributed by atoms with E-state index >= 15 is 0 Å². The van der Waals surface area contributed by atoms with Crippen molar-refractivity contribution in [2.75, 3.05) is 11.5 Å². The number of hydrogen-bond acceptors (Lipinski definition) is 6. The second-order valence-corrected chi connectivity index (χ2v) is 7.78. The third kappa shape index (κ3) is 4.68. The molecule has 0 spiro atoms. The maximum Gasteiger partial charge on any atom is 0.269 e. The molecule has 0 saturated carbocycles. The van der Waals surface area contributed by atoms with E-state index in [0.717, 1.165) is 6.07 Å². The van der Waals surface area contributed by atoms with E-state index in [1.807, 2.05) is 0 Å². The van der Waals surface area contributed by atoms with E-state index in [9.17, 15) is 35.7 Å². The number of sulfone groups is 1. The second-order valence-electron chi connectivity index (χ2n) is 3.97. The average molecular weight is 344 g/mol. The van der Waals surface area contributed by atoms with E-state index in [2.05, 4.69) is 5.14 Å². The van der Waals surface area contributed by atoms with Crippen LogP contribution in [0.4, 0.5) is 14.5 Å². The summed E-state index contributed by atoms with van der Waals surface area (Å²) in [6, 6.07) is 1.84. The summed E-state index contributed by atoms with van der Waals surface area (Å²) in [6.07, 6.45) is -3.27. The molecule has 118 valence electrons. The number of halogens is 2. The fourth-order valence-corrected chi connectivity index (χ4v) is 4.25. The van der Waals surface area contributed by atoms with Crippen molar-refractivity contribution in [3.05, 3.63) is 33.9 Å². The Morgan fingerprint density at radius 3 is 2.19 bits per heavy atom. The fourth-order valence-electron chi connectivity index (χ4n) is 1.44. The predicted octanol–water partition coefficient (Wildman–Crippen LogP) is 0.595. The third-order valence-electron chi connectivity index (χ3n) is 2.41. The largest absolute Gasteiger partial charge is 0.269 e. The normalized spacial score (nSPS) is 12.6. The molecule has 0 aliphatic rings. The number of nitrogens with zero attached hydrogens (tertiary/aromatic N) is 1.